The van der Waals surface area contributed by atoms with Gasteiger partial charge in [0.15, 0.2) is 0 Å². The van der Waals surface area contributed by atoms with E-state index in [2.05, 4.69) is 5.32 Å². The van der Waals surface area contributed by atoms with Gasteiger partial charge in [0, 0.05) is 31.3 Å². The van der Waals surface area contributed by atoms with Crippen molar-refractivity contribution in [2.75, 3.05) is 24.5 Å². The van der Waals surface area contributed by atoms with Crippen LogP contribution in [0.15, 0.2) is 47.4 Å². The van der Waals surface area contributed by atoms with E-state index in [-0.39, 0.29) is 16.1 Å². The fourth-order valence-corrected chi connectivity index (χ4v) is 3.82. The Morgan fingerprint density at radius 2 is 1.79 bits per heavy atom. The zero-order valence-electron chi connectivity index (χ0n) is 15.7. The molecule has 9 nitrogen and oxygen atoms in total. The van der Waals surface area contributed by atoms with Crippen molar-refractivity contribution in [2.45, 2.75) is 24.2 Å². The predicted octanol–water partition coefficient (Wildman–Crippen LogP) is 1.81. The van der Waals surface area contributed by atoms with Gasteiger partial charge in [-0.05, 0) is 49.1 Å². The minimum atomic E-state index is -3.74. The van der Waals surface area contributed by atoms with Crippen LogP contribution in [0.5, 0.6) is 0 Å². The van der Waals surface area contributed by atoms with Gasteiger partial charge in [-0.25, -0.2) is 13.6 Å². The second-order valence-electron chi connectivity index (χ2n) is 6.85. The molecule has 1 amide bonds. The molecule has 0 aromatic heterocycles. The van der Waals surface area contributed by atoms with E-state index in [4.69, 9.17) is 5.14 Å². The number of nitro groups is 1. The molecule has 1 fully saturated rings. The maximum Gasteiger partial charge on any atom is 0.293 e. The number of nitrogens with one attached hydrogen (secondary N) is 1. The molecule has 0 radical (unpaired) electrons. The Balaban J connectivity index is 1.63. The number of hydrogen-bond acceptors (Lipinski definition) is 6. The molecule has 3 rings (SSSR count). The Labute approximate surface area is 168 Å². The van der Waals surface area contributed by atoms with E-state index < -0.39 is 20.9 Å². The van der Waals surface area contributed by atoms with Crippen LogP contribution in [0.3, 0.4) is 0 Å². The molecule has 0 atom stereocenters. The highest BCUT2D eigenvalue weighted by molar-refractivity contribution is 7.89. The van der Waals surface area contributed by atoms with Gasteiger partial charge >= 0.3 is 0 Å². The first kappa shape index (κ1) is 20.7. The molecule has 10 heteroatoms. The van der Waals surface area contributed by atoms with E-state index in [9.17, 15) is 23.3 Å². The number of benzene rings is 2. The van der Waals surface area contributed by atoms with Gasteiger partial charge < -0.3 is 10.2 Å². The molecule has 2 aromatic carbocycles. The average Bonchev–Trinajstić information content (AvgIpc) is 3.21. The van der Waals surface area contributed by atoms with Crippen molar-refractivity contribution >= 4 is 27.3 Å². The second kappa shape index (κ2) is 8.58. The molecule has 0 unspecified atom stereocenters. The van der Waals surface area contributed by atoms with Crippen LogP contribution in [0.2, 0.25) is 0 Å². The van der Waals surface area contributed by atoms with Gasteiger partial charge in [-0.1, -0.05) is 12.1 Å². The van der Waals surface area contributed by atoms with Crippen LogP contribution in [-0.2, 0) is 16.4 Å². The summed E-state index contributed by atoms with van der Waals surface area (Å²) in [6.45, 7) is 1.85. The molecule has 154 valence electrons. The molecule has 1 heterocycles. The van der Waals surface area contributed by atoms with Gasteiger partial charge in [-0.15, -0.1) is 0 Å². The zero-order chi connectivity index (χ0) is 21.0. The summed E-state index contributed by atoms with van der Waals surface area (Å²) in [5.74, 6) is -0.401. The van der Waals surface area contributed by atoms with Crippen molar-refractivity contribution in [1.82, 2.24) is 5.32 Å². The lowest BCUT2D eigenvalue weighted by molar-refractivity contribution is -0.384. The Kier molecular flexibility index (Phi) is 6.14. The first-order valence-electron chi connectivity index (χ1n) is 9.19. The van der Waals surface area contributed by atoms with Gasteiger partial charge in [-0.3, -0.25) is 14.9 Å². The Morgan fingerprint density at radius 3 is 2.38 bits per heavy atom. The molecule has 0 saturated carbocycles. The van der Waals surface area contributed by atoms with Gasteiger partial charge in [0.25, 0.3) is 11.6 Å². The summed E-state index contributed by atoms with van der Waals surface area (Å²) in [5, 5.41) is 19.2. The zero-order valence-corrected chi connectivity index (χ0v) is 16.5. The van der Waals surface area contributed by atoms with Crippen molar-refractivity contribution in [2.24, 2.45) is 5.14 Å². The van der Waals surface area contributed by atoms with E-state index in [0.717, 1.165) is 31.5 Å². The molecule has 1 saturated heterocycles. The SMILES string of the molecule is NS(=O)(=O)c1ccc(CCNC(=O)c2ccc(N3CCCC3)c([N+](=O)[O-])c2)cc1. The molecule has 0 aliphatic carbocycles. The molecule has 0 bridgehead atoms. The molecule has 1 aliphatic heterocycles. The summed E-state index contributed by atoms with van der Waals surface area (Å²) in [5.41, 5.74) is 1.52. The first-order valence-corrected chi connectivity index (χ1v) is 10.7. The van der Waals surface area contributed by atoms with Crippen LogP contribution in [0, 0.1) is 10.1 Å². The van der Waals surface area contributed by atoms with Gasteiger partial charge in [-0.2, -0.15) is 0 Å². The van der Waals surface area contributed by atoms with Crippen LogP contribution in [0.1, 0.15) is 28.8 Å². The summed E-state index contributed by atoms with van der Waals surface area (Å²) < 4.78 is 22.5. The number of amides is 1. The highest BCUT2D eigenvalue weighted by Crippen LogP contribution is 2.31. The van der Waals surface area contributed by atoms with Gasteiger partial charge in [0.1, 0.15) is 5.69 Å². The summed E-state index contributed by atoms with van der Waals surface area (Å²) >= 11 is 0. The molecular formula is C19H22N4O5S. The van der Waals surface area contributed by atoms with Crippen LogP contribution < -0.4 is 15.4 Å². The van der Waals surface area contributed by atoms with Crippen LogP contribution in [0.25, 0.3) is 0 Å². The molecule has 3 N–H and O–H groups in total. The molecule has 0 spiro atoms. The summed E-state index contributed by atoms with van der Waals surface area (Å²) in [7, 11) is -3.74. The maximum absolute atomic E-state index is 12.4. The largest absolute Gasteiger partial charge is 0.366 e. The van der Waals surface area contributed by atoms with Crippen LogP contribution >= 0.6 is 0 Å². The van der Waals surface area contributed by atoms with E-state index in [1.54, 1.807) is 24.3 Å². The molecule has 1 aliphatic rings. The van der Waals surface area contributed by atoms with Crippen LogP contribution in [-0.4, -0.2) is 38.9 Å². The third kappa shape index (κ3) is 5.09. The Morgan fingerprint density at radius 1 is 1.14 bits per heavy atom. The third-order valence-electron chi connectivity index (χ3n) is 4.83. The monoisotopic (exact) mass is 418 g/mol. The number of sulfonamides is 1. The second-order valence-corrected chi connectivity index (χ2v) is 8.41. The Bertz CT molecular complexity index is 1020. The number of nitrogens with two attached hydrogens (primary N) is 1. The first-order chi connectivity index (χ1) is 13.8. The van der Waals surface area contributed by atoms with E-state index in [1.165, 1.54) is 18.2 Å². The summed E-state index contributed by atoms with van der Waals surface area (Å²) in [6, 6.07) is 10.6. The number of rotatable bonds is 7. The Hall–Kier alpha value is -2.98. The van der Waals surface area contributed by atoms with Crippen molar-refractivity contribution in [3.63, 3.8) is 0 Å². The van der Waals surface area contributed by atoms with Crippen molar-refractivity contribution < 1.29 is 18.1 Å². The third-order valence-corrected chi connectivity index (χ3v) is 5.76. The number of carbonyl (C=O) groups excluding carboxylic acids is 1. The number of nitro benzene ring substituents is 1. The number of carbonyl (C=O) groups is 1. The van der Waals surface area contributed by atoms with Gasteiger partial charge in [0.2, 0.25) is 10.0 Å². The maximum atomic E-state index is 12.4. The molecular weight excluding hydrogens is 396 g/mol. The average molecular weight is 418 g/mol. The van der Waals surface area contributed by atoms with Crippen molar-refractivity contribution in [3.8, 4) is 0 Å². The smallest absolute Gasteiger partial charge is 0.293 e. The number of nitrogens with zero attached hydrogens (tertiary/aromatic N) is 2. The topological polar surface area (TPSA) is 136 Å². The number of anilines is 1. The number of hydrogen-bond donors (Lipinski definition) is 2. The minimum Gasteiger partial charge on any atom is -0.366 e. The van der Waals surface area contributed by atoms with Gasteiger partial charge in [0.05, 0.1) is 9.82 Å². The lowest BCUT2D eigenvalue weighted by atomic mass is 10.1. The molecule has 2 aromatic rings. The number of primary sulfonamides is 1. The van der Waals surface area contributed by atoms with E-state index >= 15 is 0 Å². The van der Waals surface area contributed by atoms with Crippen molar-refractivity contribution in [3.05, 3.63) is 63.7 Å². The summed E-state index contributed by atoms with van der Waals surface area (Å²) in [6.07, 6.45) is 2.47. The fraction of sp³-hybridized carbons (Fsp3) is 0.316. The van der Waals surface area contributed by atoms with E-state index in [1.807, 2.05) is 4.90 Å². The fourth-order valence-electron chi connectivity index (χ4n) is 3.30. The van der Waals surface area contributed by atoms with E-state index in [0.29, 0.717) is 18.7 Å². The summed E-state index contributed by atoms with van der Waals surface area (Å²) in [4.78, 5) is 25.4. The lowest BCUT2D eigenvalue weighted by Crippen LogP contribution is -2.26. The highest BCUT2D eigenvalue weighted by atomic mass is 32.2. The lowest BCUT2D eigenvalue weighted by Gasteiger charge is -2.17. The standard InChI is InChI=1S/C19H22N4O5S/c20-29(27,28)16-6-3-14(4-7-16)9-10-21-19(24)15-5-8-17(18(13-15)23(25)26)22-11-1-2-12-22/h3-8,13H,1-2,9-12H2,(H,21,24)(H2,20,27,28). The van der Waals surface area contributed by atoms with Crippen molar-refractivity contribution in [1.29, 1.82) is 0 Å². The predicted molar refractivity (Wildman–Crippen MR) is 108 cm³/mol. The molecule has 29 heavy (non-hydrogen) atoms. The van der Waals surface area contributed by atoms with Crippen LogP contribution in [0.4, 0.5) is 11.4 Å². The highest BCUT2D eigenvalue weighted by Gasteiger charge is 2.23. The normalized spacial score (nSPS) is 14.0. The quantitative estimate of drug-likeness (QED) is 0.520. The minimum absolute atomic E-state index is 0.0238.